The molecule has 0 saturated carbocycles. The Balaban J connectivity index is 1.43. The first kappa shape index (κ1) is 17.4. The minimum absolute atomic E-state index is 0.301. The van der Waals surface area contributed by atoms with Gasteiger partial charge in [-0.25, -0.2) is 19.3 Å². The highest BCUT2D eigenvalue weighted by atomic mass is 79.9. The van der Waals surface area contributed by atoms with Gasteiger partial charge in [0.15, 0.2) is 11.6 Å². The molecule has 2 fully saturated rings. The number of rotatable bonds is 3. The summed E-state index contributed by atoms with van der Waals surface area (Å²) in [6.45, 7) is 6.06. The van der Waals surface area contributed by atoms with Gasteiger partial charge in [-0.3, -0.25) is 0 Å². The molecule has 2 aliphatic heterocycles. The molecule has 2 saturated heterocycles. The maximum Gasteiger partial charge on any atom is 0.166 e. The van der Waals surface area contributed by atoms with Gasteiger partial charge in [0.2, 0.25) is 0 Å². The number of hydrogen-bond acceptors (Lipinski definition) is 7. The Morgan fingerprint density at radius 3 is 2.12 bits per heavy atom. The standard InChI is InChI=1S/C17H20BrFN6O/c18-13-9-14(19)17(20-11-13)25-3-1-23(2-4-25)15-10-16(22-12-21-15)24-5-7-26-8-6-24/h9-12H,1-8H2. The van der Waals surface area contributed by atoms with E-state index in [1.54, 1.807) is 12.5 Å². The fraction of sp³-hybridized carbons (Fsp3) is 0.471. The van der Waals surface area contributed by atoms with Crippen molar-refractivity contribution in [2.45, 2.75) is 0 Å². The molecule has 2 aromatic heterocycles. The lowest BCUT2D eigenvalue weighted by Crippen LogP contribution is -2.47. The number of morpholine rings is 1. The Morgan fingerprint density at radius 2 is 1.46 bits per heavy atom. The summed E-state index contributed by atoms with van der Waals surface area (Å²) in [6, 6.07) is 3.48. The van der Waals surface area contributed by atoms with E-state index in [1.165, 1.54) is 6.07 Å². The molecule has 0 spiro atoms. The van der Waals surface area contributed by atoms with Crippen LogP contribution in [0.3, 0.4) is 0 Å². The molecule has 0 atom stereocenters. The van der Waals surface area contributed by atoms with Crippen molar-refractivity contribution in [2.24, 2.45) is 0 Å². The highest BCUT2D eigenvalue weighted by Crippen LogP contribution is 2.24. The molecule has 2 aliphatic rings. The Morgan fingerprint density at radius 1 is 0.846 bits per heavy atom. The summed E-state index contributed by atoms with van der Waals surface area (Å²) in [5, 5.41) is 0. The number of anilines is 3. The molecule has 2 aromatic rings. The summed E-state index contributed by atoms with van der Waals surface area (Å²) in [6.07, 6.45) is 3.24. The van der Waals surface area contributed by atoms with E-state index < -0.39 is 0 Å². The summed E-state index contributed by atoms with van der Waals surface area (Å²) in [5.74, 6) is 1.95. The van der Waals surface area contributed by atoms with Crippen molar-refractivity contribution in [3.63, 3.8) is 0 Å². The van der Waals surface area contributed by atoms with Crippen molar-refractivity contribution in [3.05, 3.63) is 34.9 Å². The second kappa shape index (κ2) is 7.71. The van der Waals surface area contributed by atoms with Crippen molar-refractivity contribution >= 4 is 33.4 Å². The van der Waals surface area contributed by atoms with Gasteiger partial charge in [-0.05, 0) is 22.0 Å². The summed E-state index contributed by atoms with van der Waals surface area (Å²) in [4.78, 5) is 19.4. The molecule has 0 unspecified atom stereocenters. The summed E-state index contributed by atoms with van der Waals surface area (Å²) >= 11 is 3.24. The van der Waals surface area contributed by atoms with E-state index in [2.05, 4.69) is 40.7 Å². The molecule has 7 nitrogen and oxygen atoms in total. The summed E-state index contributed by atoms with van der Waals surface area (Å²) in [5.41, 5.74) is 0. The molecule has 4 rings (SSSR count). The van der Waals surface area contributed by atoms with E-state index in [0.717, 1.165) is 51.0 Å². The minimum Gasteiger partial charge on any atom is -0.378 e. The van der Waals surface area contributed by atoms with Gasteiger partial charge in [0.25, 0.3) is 0 Å². The topological polar surface area (TPSA) is 57.6 Å². The first-order valence-corrected chi connectivity index (χ1v) is 9.46. The van der Waals surface area contributed by atoms with Crippen molar-refractivity contribution in [3.8, 4) is 0 Å². The molecule has 0 bridgehead atoms. The number of piperazine rings is 1. The summed E-state index contributed by atoms with van der Waals surface area (Å²) in [7, 11) is 0. The van der Waals surface area contributed by atoms with Crippen LogP contribution in [0.4, 0.5) is 21.8 Å². The van der Waals surface area contributed by atoms with Crippen LogP contribution in [-0.2, 0) is 4.74 Å². The average Bonchev–Trinajstić information content (AvgIpc) is 2.69. The molecule has 138 valence electrons. The minimum atomic E-state index is -0.301. The largest absolute Gasteiger partial charge is 0.378 e. The zero-order valence-electron chi connectivity index (χ0n) is 14.3. The van der Waals surface area contributed by atoms with Crippen molar-refractivity contribution in [1.82, 2.24) is 15.0 Å². The van der Waals surface area contributed by atoms with Gasteiger partial charge < -0.3 is 19.4 Å². The van der Waals surface area contributed by atoms with E-state index >= 15 is 0 Å². The first-order valence-electron chi connectivity index (χ1n) is 8.66. The fourth-order valence-corrected chi connectivity index (χ4v) is 3.57. The highest BCUT2D eigenvalue weighted by molar-refractivity contribution is 9.10. The molecule has 0 aromatic carbocycles. The normalized spacial score (nSPS) is 18.3. The lowest BCUT2D eigenvalue weighted by Gasteiger charge is -2.36. The van der Waals surface area contributed by atoms with Gasteiger partial charge in [-0.1, -0.05) is 0 Å². The molecular weight excluding hydrogens is 403 g/mol. The number of ether oxygens (including phenoxy) is 1. The fourth-order valence-electron chi connectivity index (χ4n) is 3.26. The van der Waals surface area contributed by atoms with Gasteiger partial charge in [-0.2, -0.15) is 0 Å². The number of halogens is 2. The Labute approximate surface area is 159 Å². The zero-order chi connectivity index (χ0) is 17.9. The van der Waals surface area contributed by atoms with E-state index in [-0.39, 0.29) is 5.82 Å². The van der Waals surface area contributed by atoms with Crippen LogP contribution in [-0.4, -0.2) is 67.4 Å². The molecule has 0 N–H and O–H groups in total. The van der Waals surface area contributed by atoms with Crippen LogP contribution in [0, 0.1) is 5.82 Å². The SMILES string of the molecule is Fc1cc(Br)cnc1N1CCN(c2cc(N3CCOCC3)ncn2)CC1. The van der Waals surface area contributed by atoms with Crippen LogP contribution in [0.15, 0.2) is 29.1 Å². The lowest BCUT2D eigenvalue weighted by molar-refractivity contribution is 0.122. The second-order valence-electron chi connectivity index (χ2n) is 6.27. The molecule has 0 radical (unpaired) electrons. The number of aromatic nitrogens is 3. The number of hydrogen-bond donors (Lipinski definition) is 0. The Bertz CT molecular complexity index is 765. The van der Waals surface area contributed by atoms with Crippen LogP contribution in [0.1, 0.15) is 0 Å². The third-order valence-electron chi connectivity index (χ3n) is 4.66. The van der Waals surface area contributed by atoms with Crippen LogP contribution >= 0.6 is 15.9 Å². The molecule has 0 amide bonds. The van der Waals surface area contributed by atoms with Gasteiger partial charge in [-0.15, -0.1) is 0 Å². The van der Waals surface area contributed by atoms with Crippen LogP contribution < -0.4 is 14.7 Å². The predicted octanol–water partition coefficient (Wildman–Crippen LogP) is 1.94. The van der Waals surface area contributed by atoms with Gasteiger partial charge in [0, 0.05) is 56.0 Å². The lowest BCUT2D eigenvalue weighted by atomic mass is 10.3. The molecule has 26 heavy (non-hydrogen) atoms. The van der Waals surface area contributed by atoms with Crippen molar-refractivity contribution in [1.29, 1.82) is 0 Å². The van der Waals surface area contributed by atoms with Crippen molar-refractivity contribution in [2.75, 3.05) is 67.2 Å². The highest BCUT2D eigenvalue weighted by Gasteiger charge is 2.22. The van der Waals surface area contributed by atoms with Crippen LogP contribution in [0.25, 0.3) is 0 Å². The zero-order valence-corrected chi connectivity index (χ0v) is 15.9. The van der Waals surface area contributed by atoms with Gasteiger partial charge in [0.1, 0.15) is 18.0 Å². The van der Waals surface area contributed by atoms with E-state index in [9.17, 15) is 4.39 Å². The molecule has 9 heteroatoms. The van der Waals surface area contributed by atoms with Gasteiger partial charge in [0.05, 0.1) is 13.2 Å². The van der Waals surface area contributed by atoms with Crippen LogP contribution in [0.5, 0.6) is 0 Å². The third kappa shape index (κ3) is 3.73. The Kier molecular flexibility index (Phi) is 5.16. The average molecular weight is 423 g/mol. The molecule has 4 heterocycles. The maximum absolute atomic E-state index is 14.1. The number of pyridine rings is 1. The predicted molar refractivity (Wildman–Crippen MR) is 101 cm³/mol. The van der Waals surface area contributed by atoms with E-state index in [4.69, 9.17) is 4.74 Å². The quantitative estimate of drug-likeness (QED) is 0.748. The second-order valence-corrected chi connectivity index (χ2v) is 7.18. The molecular formula is C17H20BrFN6O. The summed E-state index contributed by atoms with van der Waals surface area (Å²) < 4.78 is 20.2. The number of nitrogens with zero attached hydrogens (tertiary/aromatic N) is 6. The monoisotopic (exact) mass is 422 g/mol. The van der Waals surface area contributed by atoms with Crippen molar-refractivity contribution < 1.29 is 9.13 Å². The maximum atomic E-state index is 14.1. The van der Waals surface area contributed by atoms with Crippen LogP contribution in [0.2, 0.25) is 0 Å². The first-order chi connectivity index (χ1) is 12.7. The van der Waals surface area contributed by atoms with E-state index in [0.29, 0.717) is 23.4 Å². The third-order valence-corrected chi connectivity index (χ3v) is 5.10. The smallest absolute Gasteiger partial charge is 0.166 e. The Hall–Kier alpha value is -2.00. The van der Waals surface area contributed by atoms with Gasteiger partial charge >= 0.3 is 0 Å². The molecule has 0 aliphatic carbocycles. The van der Waals surface area contributed by atoms with E-state index in [1.807, 2.05) is 11.0 Å².